The Labute approximate surface area is 163 Å². The maximum Gasteiger partial charge on any atom is 0.133 e. The van der Waals surface area contributed by atoms with Crippen molar-refractivity contribution in [1.82, 2.24) is 0 Å². The van der Waals surface area contributed by atoms with E-state index in [1.54, 1.807) is 13.8 Å². The van der Waals surface area contributed by atoms with E-state index in [0.717, 1.165) is 38.5 Å². The zero-order chi connectivity index (χ0) is 20.7. The van der Waals surface area contributed by atoms with Crippen LogP contribution in [0.4, 0.5) is 0 Å². The fourth-order valence-corrected chi connectivity index (χ4v) is 4.88. The van der Waals surface area contributed by atoms with E-state index in [9.17, 15) is 9.59 Å². The molecule has 1 aliphatic rings. The molecule has 0 spiro atoms. The molecule has 26 heavy (non-hydrogen) atoms. The van der Waals surface area contributed by atoms with Gasteiger partial charge in [-0.25, -0.2) is 0 Å². The molecule has 1 saturated carbocycles. The molecular weight excluding hydrogens is 320 g/mol. The van der Waals surface area contributed by atoms with Crippen LogP contribution >= 0.6 is 0 Å². The van der Waals surface area contributed by atoms with Gasteiger partial charge in [0, 0.05) is 11.8 Å². The summed E-state index contributed by atoms with van der Waals surface area (Å²) in [6.07, 6.45) is 6.58. The Bertz CT molecular complexity index is 445. The van der Waals surface area contributed by atoms with Crippen molar-refractivity contribution in [3.63, 3.8) is 0 Å². The number of carbonyl (C=O) groups excluding carboxylic acids is 2. The predicted octanol–water partition coefficient (Wildman–Crippen LogP) is 7.10. The largest absolute Gasteiger partial charge is 0.300 e. The third kappa shape index (κ3) is 6.50. The molecule has 0 aliphatic heterocycles. The van der Waals surface area contributed by atoms with Crippen molar-refractivity contribution >= 4 is 11.6 Å². The summed E-state index contributed by atoms with van der Waals surface area (Å²) in [5.74, 6) is 1.08. The minimum absolute atomic E-state index is 0.0578. The molecule has 0 aromatic heterocycles. The molecule has 0 bridgehead atoms. The van der Waals surface area contributed by atoms with Crippen molar-refractivity contribution in [3.8, 4) is 0 Å². The number of rotatable bonds is 9. The second kappa shape index (κ2) is 10.6. The first-order valence-electron chi connectivity index (χ1n) is 11.0. The Morgan fingerprint density at radius 3 is 1.46 bits per heavy atom. The first-order chi connectivity index (χ1) is 12.0. The first kappa shape index (κ1) is 25.3. The minimum Gasteiger partial charge on any atom is -0.300 e. The molecule has 2 unspecified atom stereocenters. The SMILES string of the molecule is CC.CCC(C)(C)CC1CC(CC(C)(CC)CC)[C@H](C(C)=O)[C@@H]1C(C)=O. The molecule has 0 aromatic carbocycles. The van der Waals surface area contributed by atoms with Gasteiger partial charge in [-0.1, -0.05) is 74.7 Å². The maximum atomic E-state index is 12.5. The average Bonchev–Trinajstić information content (AvgIpc) is 2.93. The van der Waals surface area contributed by atoms with Crippen molar-refractivity contribution in [2.45, 2.75) is 108 Å². The highest BCUT2D eigenvalue weighted by molar-refractivity contribution is 5.88. The van der Waals surface area contributed by atoms with Crippen LogP contribution in [0.15, 0.2) is 0 Å². The van der Waals surface area contributed by atoms with Crippen LogP contribution in [0.3, 0.4) is 0 Å². The van der Waals surface area contributed by atoms with Crippen molar-refractivity contribution < 1.29 is 9.59 Å². The summed E-state index contributed by atoms with van der Waals surface area (Å²) in [6, 6.07) is 0. The highest BCUT2D eigenvalue weighted by atomic mass is 16.1. The zero-order valence-corrected chi connectivity index (χ0v) is 19.4. The van der Waals surface area contributed by atoms with E-state index in [1.165, 1.54) is 0 Å². The lowest BCUT2D eigenvalue weighted by atomic mass is 9.72. The van der Waals surface area contributed by atoms with Gasteiger partial charge in [0.25, 0.3) is 0 Å². The topological polar surface area (TPSA) is 34.1 Å². The van der Waals surface area contributed by atoms with Crippen LogP contribution in [-0.2, 0) is 9.59 Å². The molecule has 2 nitrogen and oxygen atoms in total. The fourth-order valence-electron chi connectivity index (χ4n) is 4.88. The number of Topliss-reactive ketones (excluding diaryl/α,β-unsaturated/α-hetero) is 2. The Hall–Kier alpha value is -0.660. The van der Waals surface area contributed by atoms with Crippen LogP contribution < -0.4 is 0 Å². The van der Waals surface area contributed by atoms with E-state index in [1.807, 2.05) is 13.8 Å². The summed E-state index contributed by atoms with van der Waals surface area (Å²) in [4.78, 5) is 24.9. The molecule has 1 fully saturated rings. The third-order valence-electron chi connectivity index (χ3n) is 7.18. The normalized spacial score (nSPS) is 26.2. The second-order valence-electron chi connectivity index (χ2n) is 9.47. The molecule has 0 radical (unpaired) electrons. The molecule has 0 aromatic rings. The lowest BCUT2D eigenvalue weighted by molar-refractivity contribution is -0.131. The van der Waals surface area contributed by atoms with Crippen LogP contribution in [0.1, 0.15) is 108 Å². The number of carbonyl (C=O) groups is 2. The molecule has 0 N–H and O–H groups in total. The summed E-state index contributed by atoms with van der Waals surface area (Å²) in [5.41, 5.74) is 0.530. The summed E-state index contributed by atoms with van der Waals surface area (Å²) in [7, 11) is 0. The Morgan fingerprint density at radius 1 is 0.769 bits per heavy atom. The van der Waals surface area contributed by atoms with Crippen LogP contribution in [-0.4, -0.2) is 11.6 Å². The Morgan fingerprint density at radius 2 is 1.15 bits per heavy atom. The first-order valence-corrected chi connectivity index (χ1v) is 11.0. The van der Waals surface area contributed by atoms with Gasteiger partial charge in [-0.05, 0) is 55.8 Å². The molecule has 4 atom stereocenters. The Balaban J connectivity index is 0.00000301. The van der Waals surface area contributed by atoms with Gasteiger partial charge in [0.2, 0.25) is 0 Å². The van der Waals surface area contributed by atoms with Gasteiger partial charge in [0.1, 0.15) is 11.6 Å². The third-order valence-corrected chi connectivity index (χ3v) is 7.18. The van der Waals surface area contributed by atoms with E-state index in [4.69, 9.17) is 0 Å². The smallest absolute Gasteiger partial charge is 0.133 e. The highest BCUT2D eigenvalue weighted by Gasteiger charge is 2.49. The van der Waals surface area contributed by atoms with Crippen molar-refractivity contribution in [2.75, 3.05) is 0 Å². The lowest BCUT2D eigenvalue weighted by Gasteiger charge is -2.32. The van der Waals surface area contributed by atoms with Crippen molar-refractivity contribution in [1.29, 1.82) is 0 Å². The quantitative estimate of drug-likeness (QED) is 0.436. The fraction of sp³-hybridized carbons (Fsp3) is 0.917. The van der Waals surface area contributed by atoms with Crippen LogP contribution in [0, 0.1) is 34.5 Å². The van der Waals surface area contributed by atoms with Gasteiger partial charge in [0.05, 0.1) is 0 Å². The molecule has 0 saturated heterocycles. The molecular formula is C24H46O2. The number of ketones is 2. The van der Waals surface area contributed by atoms with Gasteiger partial charge in [-0.2, -0.15) is 0 Å². The minimum atomic E-state index is -0.0590. The summed E-state index contributed by atoms with van der Waals surface area (Å²) in [5, 5.41) is 0. The van der Waals surface area contributed by atoms with Crippen LogP contribution in [0.5, 0.6) is 0 Å². The molecule has 154 valence electrons. The summed E-state index contributed by atoms with van der Waals surface area (Å²) in [6.45, 7) is 21.1. The van der Waals surface area contributed by atoms with E-state index in [0.29, 0.717) is 11.8 Å². The van der Waals surface area contributed by atoms with E-state index in [2.05, 4.69) is 41.5 Å². The summed E-state index contributed by atoms with van der Waals surface area (Å²) < 4.78 is 0. The maximum absolute atomic E-state index is 12.5. The number of hydrogen-bond acceptors (Lipinski definition) is 2. The van der Waals surface area contributed by atoms with Crippen LogP contribution in [0.2, 0.25) is 0 Å². The van der Waals surface area contributed by atoms with Gasteiger partial charge in [0.15, 0.2) is 0 Å². The molecule has 0 amide bonds. The van der Waals surface area contributed by atoms with Crippen molar-refractivity contribution in [2.24, 2.45) is 34.5 Å². The zero-order valence-electron chi connectivity index (χ0n) is 19.4. The highest BCUT2D eigenvalue weighted by Crippen LogP contribution is 2.52. The second-order valence-corrected chi connectivity index (χ2v) is 9.47. The van der Waals surface area contributed by atoms with Gasteiger partial charge >= 0.3 is 0 Å². The Kier molecular flexibility index (Phi) is 10.3. The molecule has 0 heterocycles. The summed E-state index contributed by atoms with van der Waals surface area (Å²) >= 11 is 0. The lowest BCUT2D eigenvalue weighted by Crippen LogP contribution is -2.32. The van der Waals surface area contributed by atoms with E-state index in [-0.39, 0.29) is 34.2 Å². The standard InChI is InChI=1S/C22H40O2.C2H6/c1-9-21(6,7)13-17-12-18(14-22(8,10-2)11-3)20(16(5)24)19(17)15(4)23;1-2/h17-20H,9-14H2,1-8H3;1-2H3/t17?,18?,19-,20+;/m1./s1. The monoisotopic (exact) mass is 366 g/mol. The van der Waals surface area contributed by atoms with Gasteiger partial charge in [-0.3, -0.25) is 9.59 Å². The average molecular weight is 367 g/mol. The molecule has 1 aliphatic carbocycles. The van der Waals surface area contributed by atoms with E-state index < -0.39 is 0 Å². The van der Waals surface area contributed by atoms with Gasteiger partial charge < -0.3 is 0 Å². The predicted molar refractivity (Wildman–Crippen MR) is 113 cm³/mol. The van der Waals surface area contributed by atoms with Crippen LogP contribution in [0.25, 0.3) is 0 Å². The van der Waals surface area contributed by atoms with Gasteiger partial charge in [-0.15, -0.1) is 0 Å². The van der Waals surface area contributed by atoms with E-state index >= 15 is 0 Å². The molecule has 2 heteroatoms. The molecule has 1 rings (SSSR count). The van der Waals surface area contributed by atoms with Crippen molar-refractivity contribution in [3.05, 3.63) is 0 Å². The number of hydrogen-bond donors (Lipinski definition) is 0.